The number of nitrogens with zero attached hydrogens (tertiary/aromatic N) is 5. The molecule has 0 spiro atoms. The van der Waals surface area contributed by atoms with Crippen molar-refractivity contribution >= 4 is 5.65 Å². The number of aromatic nitrogens is 5. The van der Waals surface area contributed by atoms with E-state index >= 15 is 0 Å². The molecule has 4 aromatic rings. The van der Waals surface area contributed by atoms with Gasteiger partial charge < -0.3 is 0 Å². The molecule has 0 N–H and O–H groups in total. The smallest absolute Gasteiger partial charge is 0.160 e. The normalized spacial score (nSPS) is 11.0. The van der Waals surface area contributed by atoms with Crippen LogP contribution in [-0.2, 0) is 6.42 Å². The number of hydrogen-bond donors (Lipinski definition) is 0. The molecule has 0 aliphatic rings. The van der Waals surface area contributed by atoms with Gasteiger partial charge in [-0.25, -0.2) is 0 Å². The van der Waals surface area contributed by atoms with E-state index in [1.165, 1.54) is 11.1 Å². The summed E-state index contributed by atoms with van der Waals surface area (Å²) in [4.78, 5) is 8.47. The lowest BCUT2D eigenvalue weighted by atomic mass is 10.1. The Labute approximate surface area is 133 Å². The zero-order valence-corrected chi connectivity index (χ0v) is 12.7. The van der Waals surface area contributed by atoms with E-state index in [4.69, 9.17) is 0 Å². The molecular weight excluding hydrogens is 286 g/mol. The number of fused-ring (bicyclic) bond motifs is 1. The molecule has 5 nitrogen and oxygen atoms in total. The average Bonchev–Trinajstić information content (AvgIpc) is 3.00. The number of aryl methyl sites for hydroxylation is 1. The highest BCUT2D eigenvalue weighted by Crippen LogP contribution is 2.18. The largest absolute Gasteiger partial charge is 0.285 e. The Bertz CT molecular complexity index is 942. The second kappa shape index (κ2) is 5.61. The van der Waals surface area contributed by atoms with Crippen LogP contribution in [0.2, 0.25) is 0 Å². The molecule has 3 heterocycles. The molecule has 0 radical (unpaired) electrons. The van der Waals surface area contributed by atoms with Crippen LogP contribution in [0.3, 0.4) is 0 Å². The zero-order valence-electron chi connectivity index (χ0n) is 12.7. The first kappa shape index (κ1) is 13.6. The predicted octanol–water partition coefficient (Wildman–Crippen LogP) is 3.09. The minimum Gasteiger partial charge on any atom is -0.285 e. The minimum absolute atomic E-state index is 0.741. The molecule has 0 atom stereocenters. The molecule has 0 bridgehead atoms. The Hall–Kier alpha value is -3.08. The first-order chi connectivity index (χ1) is 11.3. The summed E-state index contributed by atoms with van der Waals surface area (Å²) >= 11 is 0. The topological polar surface area (TPSA) is 56.0 Å². The van der Waals surface area contributed by atoms with Crippen molar-refractivity contribution in [3.8, 4) is 11.3 Å². The van der Waals surface area contributed by atoms with Crippen LogP contribution >= 0.6 is 0 Å². The van der Waals surface area contributed by atoms with Crippen molar-refractivity contribution in [2.24, 2.45) is 0 Å². The minimum atomic E-state index is 0.741. The van der Waals surface area contributed by atoms with Gasteiger partial charge in [-0.15, -0.1) is 10.2 Å². The maximum atomic E-state index is 4.35. The Morgan fingerprint density at radius 3 is 2.61 bits per heavy atom. The van der Waals surface area contributed by atoms with E-state index in [2.05, 4.69) is 51.4 Å². The lowest BCUT2D eigenvalue weighted by Crippen LogP contribution is -1.97. The molecule has 0 aliphatic carbocycles. The van der Waals surface area contributed by atoms with Gasteiger partial charge in [0.2, 0.25) is 0 Å². The van der Waals surface area contributed by atoms with Gasteiger partial charge in [-0.05, 0) is 24.6 Å². The highest BCUT2D eigenvalue weighted by Gasteiger charge is 2.08. The number of rotatable bonds is 3. The van der Waals surface area contributed by atoms with Gasteiger partial charge in [-0.3, -0.25) is 14.4 Å². The van der Waals surface area contributed by atoms with Gasteiger partial charge in [0.1, 0.15) is 5.82 Å². The summed E-state index contributed by atoms with van der Waals surface area (Å²) in [5.41, 5.74) is 5.14. The third-order valence-electron chi connectivity index (χ3n) is 3.81. The van der Waals surface area contributed by atoms with Gasteiger partial charge in [0, 0.05) is 30.6 Å². The van der Waals surface area contributed by atoms with Gasteiger partial charge in [-0.2, -0.15) is 0 Å². The van der Waals surface area contributed by atoms with E-state index in [0.717, 1.165) is 29.1 Å². The maximum Gasteiger partial charge on any atom is 0.160 e. The zero-order chi connectivity index (χ0) is 15.6. The van der Waals surface area contributed by atoms with E-state index in [-0.39, 0.29) is 0 Å². The summed E-state index contributed by atoms with van der Waals surface area (Å²) in [6.07, 6.45) is 7.88. The molecule has 3 aromatic heterocycles. The van der Waals surface area contributed by atoms with Gasteiger partial charge >= 0.3 is 0 Å². The highest BCUT2D eigenvalue weighted by atomic mass is 15.2. The summed E-state index contributed by atoms with van der Waals surface area (Å²) in [7, 11) is 0. The second-order valence-corrected chi connectivity index (χ2v) is 5.52. The van der Waals surface area contributed by atoms with Crippen LogP contribution in [-0.4, -0.2) is 24.6 Å². The molecule has 0 aliphatic heterocycles. The van der Waals surface area contributed by atoms with Crippen LogP contribution in [0.15, 0.2) is 61.2 Å². The van der Waals surface area contributed by atoms with E-state index in [1.54, 1.807) is 18.6 Å². The van der Waals surface area contributed by atoms with Crippen LogP contribution in [0, 0.1) is 6.92 Å². The molecule has 1 aromatic carbocycles. The lowest BCUT2D eigenvalue weighted by molar-refractivity contribution is 0.934. The molecule has 0 unspecified atom stereocenters. The number of hydrogen-bond acceptors (Lipinski definition) is 4. The van der Waals surface area contributed by atoms with Gasteiger partial charge in [0.15, 0.2) is 5.65 Å². The first-order valence-electron chi connectivity index (χ1n) is 7.45. The van der Waals surface area contributed by atoms with Gasteiger partial charge in [-0.1, -0.05) is 29.8 Å². The summed E-state index contributed by atoms with van der Waals surface area (Å²) < 4.78 is 2.02. The SMILES string of the molecule is Cc1ccc(Cc2nnc3ccc(-c4cnccn4)cn23)cc1. The molecule has 0 amide bonds. The van der Waals surface area contributed by atoms with E-state index in [1.807, 2.05) is 22.7 Å². The molecule has 5 heteroatoms. The van der Waals surface area contributed by atoms with Crippen molar-refractivity contribution in [1.29, 1.82) is 0 Å². The van der Waals surface area contributed by atoms with E-state index in [0.29, 0.717) is 0 Å². The lowest BCUT2D eigenvalue weighted by Gasteiger charge is -2.04. The summed E-state index contributed by atoms with van der Waals surface area (Å²) in [5.74, 6) is 0.912. The number of pyridine rings is 1. The molecule has 0 fully saturated rings. The van der Waals surface area contributed by atoms with Crippen molar-refractivity contribution in [3.63, 3.8) is 0 Å². The van der Waals surface area contributed by atoms with Crippen molar-refractivity contribution in [2.45, 2.75) is 13.3 Å². The van der Waals surface area contributed by atoms with Gasteiger partial charge in [0.05, 0.1) is 11.9 Å². The van der Waals surface area contributed by atoms with Crippen molar-refractivity contribution in [2.75, 3.05) is 0 Å². The average molecular weight is 301 g/mol. The van der Waals surface area contributed by atoms with E-state index < -0.39 is 0 Å². The first-order valence-corrected chi connectivity index (χ1v) is 7.45. The molecule has 112 valence electrons. The quantitative estimate of drug-likeness (QED) is 0.583. The maximum absolute atomic E-state index is 4.35. The van der Waals surface area contributed by atoms with Crippen molar-refractivity contribution in [3.05, 3.63) is 78.1 Å². The Balaban J connectivity index is 1.74. The van der Waals surface area contributed by atoms with Crippen LogP contribution in [0.25, 0.3) is 16.9 Å². The van der Waals surface area contributed by atoms with Crippen molar-refractivity contribution in [1.82, 2.24) is 24.6 Å². The second-order valence-electron chi connectivity index (χ2n) is 5.52. The predicted molar refractivity (Wildman–Crippen MR) is 88.0 cm³/mol. The summed E-state index contributed by atoms with van der Waals surface area (Å²) in [6.45, 7) is 2.09. The Kier molecular flexibility index (Phi) is 3.31. The highest BCUT2D eigenvalue weighted by molar-refractivity contribution is 5.59. The number of benzene rings is 1. The monoisotopic (exact) mass is 301 g/mol. The fourth-order valence-corrected chi connectivity index (χ4v) is 2.55. The fraction of sp³-hybridized carbons (Fsp3) is 0.111. The van der Waals surface area contributed by atoms with E-state index in [9.17, 15) is 0 Å². The Morgan fingerprint density at radius 2 is 1.83 bits per heavy atom. The molecule has 4 rings (SSSR count). The molecule has 0 saturated carbocycles. The van der Waals surface area contributed by atoms with Crippen LogP contribution in [0.1, 0.15) is 17.0 Å². The molecule has 0 saturated heterocycles. The molecule has 23 heavy (non-hydrogen) atoms. The third kappa shape index (κ3) is 2.68. The van der Waals surface area contributed by atoms with Gasteiger partial charge in [0.25, 0.3) is 0 Å². The van der Waals surface area contributed by atoms with Crippen LogP contribution < -0.4 is 0 Å². The Morgan fingerprint density at radius 1 is 0.957 bits per heavy atom. The summed E-state index contributed by atoms with van der Waals surface area (Å²) in [6, 6.07) is 12.4. The fourth-order valence-electron chi connectivity index (χ4n) is 2.55. The summed E-state index contributed by atoms with van der Waals surface area (Å²) in [5, 5.41) is 8.57. The molecular formula is C18H15N5. The van der Waals surface area contributed by atoms with Crippen molar-refractivity contribution < 1.29 is 0 Å². The van der Waals surface area contributed by atoms with Crippen LogP contribution in [0.4, 0.5) is 0 Å². The van der Waals surface area contributed by atoms with Crippen LogP contribution in [0.5, 0.6) is 0 Å². The standard InChI is InChI=1S/C18H15N5/c1-13-2-4-14(5-3-13)10-18-22-21-17-7-6-15(12-23(17)18)16-11-19-8-9-20-16/h2-9,11-12H,10H2,1H3. The third-order valence-corrected chi connectivity index (χ3v) is 3.81.